The van der Waals surface area contributed by atoms with Crippen LogP contribution in [0.15, 0.2) is 121 Å². The summed E-state index contributed by atoms with van der Waals surface area (Å²) in [6.45, 7) is 11.6. The van der Waals surface area contributed by atoms with E-state index in [1.807, 2.05) is 0 Å². The summed E-state index contributed by atoms with van der Waals surface area (Å²) in [6, 6.07) is 44.3. The summed E-state index contributed by atoms with van der Waals surface area (Å²) < 4.78 is 0. The molecule has 1 aliphatic carbocycles. The molecule has 0 N–H and O–H groups in total. The van der Waals surface area contributed by atoms with Crippen LogP contribution in [0.4, 0.5) is 17.1 Å². The van der Waals surface area contributed by atoms with E-state index in [4.69, 9.17) is 0 Å². The van der Waals surface area contributed by atoms with Crippen molar-refractivity contribution < 1.29 is 0 Å². The van der Waals surface area contributed by atoms with Crippen LogP contribution in [0.2, 0.25) is 0 Å². The standard InChI is InChI=1S/C37H35N/c1-36(2,3)34-24-27(26-14-8-6-9-15-26)20-23-35(34)38(28-16-10-7-11-17-28)29-21-22-31-30-18-12-13-19-32(30)37(4,5)33(31)25-29/h6-25H,1-5H3. The second kappa shape index (κ2) is 9.03. The number of anilines is 3. The molecule has 0 spiro atoms. The Kier molecular flexibility index (Phi) is 5.76. The summed E-state index contributed by atoms with van der Waals surface area (Å²) in [5, 5.41) is 0. The maximum Gasteiger partial charge on any atom is 0.0499 e. The van der Waals surface area contributed by atoms with E-state index in [1.165, 1.54) is 56.0 Å². The van der Waals surface area contributed by atoms with Crippen molar-refractivity contribution in [2.75, 3.05) is 4.90 Å². The van der Waals surface area contributed by atoms with Gasteiger partial charge in [-0.1, -0.05) is 120 Å². The summed E-state index contributed by atoms with van der Waals surface area (Å²) >= 11 is 0. The molecular formula is C37H35N. The SMILES string of the molecule is CC(C)(C)c1cc(-c2ccccc2)ccc1N(c1ccccc1)c1ccc2c(c1)C(C)(C)c1ccccc1-2. The van der Waals surface area contributed by atoms with Crippen molar-refractivity contribution >= 4 is 17.1 Å². The van der Waals surface area contributed by atoms with E-state index in [2.05, 4.69) is 161 Å². The van der Waals surface area contributed by atoms with Crippen molar-refractivity contribution in [2.24, 2.45) is 0 Å². The molecule has 5 aromatic carbocycles. The first kappa shape index (κ1) is 24.2. The van der Waals surface area contributed by atoms with Crippen molar-refractivity contribution in [3.63, 3.8) is 0 Å². The van der Waals surface area contributed by atoms with Gasteiger partial charge in [0.05, 0.1) is 0 Å². The number of nitrogens with zero attached hydrogens (tertiary/aromatic N) is 1. The normalized spacial score (nSPS) is 13.6. The quantitative estimate of drug-likeness (QED) is 0.241. The molecule has 0 bridgehead atoms. The molecule has 1 heteroatoms. The molecule has 0 unspecified atom stereocenters. The Hall–Kier alpha value is -4.10. The fourth-order valence-electron chi connectivity index (χ4n) is 5.98. The Morgan fingerprint density at radius 2 is 1.16 bits per heavy atom. The Balaban J connectivity index is 1.56. The molecule has 38 heavy (non-hydrogen) atoms. The van der Waals surface area contributed by atoms with Crippen LogP contribution in [-0.4, -0.2) is 0 Å². The molecule has 6 rings (SSSR count). The van der Waals surface area contributed by atoms with Crippen LogP contribution in [0.3, 0.4) is 0 Å². The molecule has 188 valence electrons. The van der Waals surface area contributed by atoms with Crippen molar-refractivity contribution in [3.05, 3.63) is 138 Å². The van der Waals surface area contributed by atoms with Gasteiger partial charge in [0, 0.05) is 22.5 Å². The highest BCUT2D eigenvalue weighted by molar-refractivity contribution is 5.87. The van der Waals surface area contributed by atoms with Gasteiger partial charge in [-0.3, -0.25) is 0 Å². The molecular weight excluding hydrogens is 458 g/mol. The van der Waals surface area contributed by atoms with Crippen molar-refractivity contribution in [1.29, 1.82) is 0 Å². The Labute approximate surface area is 227 Å². The molecule has 0 fully saturated rings. The van der Waals surface area contributed by atoms with Crippen LogP contribution in [0.1, 0.15) is 51.3 Å². The third-order valence-electron chi connectivity index (χ3n) is 7.99. The molecule has 0 aliphatic heterocycles. The zero-order valence-corrected chi connectivity index (χ0v) is 23.0. The van der Waals surface area contributed by atoms with E-state index in [0.717, 1.165) is 0 Å². The topological polar surface area (TPSA) is 3.24 Å². The summed E-state index contributed by atoms with van der Waals surface area (Å²) in [7, 11) is 0. The number of hydrogen-bond donors (Lipinski definition) is 0. The minimum absolute atomic E-state index is 0.0423. The molecule has 0 aromatic heterocycles. The van der Waals surface area contributed by atoms with Gasteiger partial charge in [-0.2, -0.15) is 0 Å². The molecule has 1 nitrogen and oxygen atoms in total. The molecule has 0 amide bonds. The number of benzene rings is 5. The van der Waals surface area contributed by atoms with E-state index in [1.54, 1.807) is 0 Å². The molecule has 0 radical (unpaired) electrons. The highest BCUT2D eigenvalue weighted by atomic mass is 15.1. The van der Waals surface area contributed by atoms with Crippen LogP contribution in [-0.2, 0) is 10.8 Å². The first-order valence-corrected chi connectivity index (χ1v) is 13.5. The fourth-order valence-corrected chi connectivity index (χ4v) is 5.98. The van der Waals surface area contributed by atoms with Crippen molar-refractivity contribution in [2.45, 2.75) is 45.4 Å². The third-order valence-corrected chi connectivity index (χ3v) is 7.99. The van der Waals surface area contributed by atoms with E-state index in [-0.39, 0.29) is 10.8 Å². The van der Waals surface area contributed by atoms with E-state index in [0.29, 0.717) is 0 Å². The van der Waals surface area contributed by atoms with E-state index >= 15 is 0 Å². The van der Waals surface area contributed by atoms with E-state index in [9.17, 15) is 0 Å². The second-order valence-electron chi connectivity index (χ2n) is 11.9. The number of para-hydroxylation sites is 1. The van der Waals surface area contributed by atoms with Gasteiger partial charge in [-0.25, -0.2) is 0 Å². The first-order chi connectivity index (χ1) is 18.2. The van der Waals surface area contributed by atoms with E-state index < -0.39 is 0 Å². The largest absolute Gasteiger partial charge is 0.310 e. The monoisotopic (exact) mass is 493 g/mol. The second-order valence-corrected chi connectivity index (χ2v) is 11.9. The zero-order chi connectivity index (χ0) is 26.5. The van der Waals surface area contributed by atoms with Crippen LogP contribution in [0.25, 0.3) is 22.3 Å². The van der Waals surface area contributed by atoms with Gasteiger partial charge in [0.25, 0.3) is 0 Å². The van der Waals surface area contributed by atoms with Gasteiger partial charge < -0.3 is 4.90 Å². The zero-order valence-electron chi connectivity index (χ0n) is 23.0. The Morgan fingerprint density at radius 3 is 1.87 bits per heavy atom. The molecule has 1 aliphatic rings. The van der Waals surface area contributed by atoms with Crippen LogP contribution in [0, 0.1) is 0 Å². The lowest BCUT2D eigenvalue weighted by atomic mass is 9.82. The predicted octanol–water partition coefficient (Wildman–Crippen LogP) is 10.4. The van der Waals surface area contributed by atoms with Gasteiger partial charge in [0.15, 0.2) is 0 Å². The molecule has 0 atom stereocenters. The molecule has 5 aromatic rings. The van der Waals surface area contributed by atoms with Crippen LogP contribution < -0.4 is 4.90 Å². The number of rotatable bonds is 4. The Bertz CT molecular complexity index is 1600. The maximum absolute atomic E-state index is 2.44. The highest BCUT2D eigenvalue weighted by Crippen LogP contribution is 2.51. The maximum atomic E-state index is 2.44. The van der Waals surface area contributed by atoms with Gasteiger partial charge in [0.1, 0.15) is 0 Å². The smallest absolute Gasteiger partial charge is 0.0499 e. The average molecular weight is 494 g/mol. The molecule has 0 saturated carbocycles. The summed E-state index contributed by atoms with van der Waals surface area (Å²) in [5.74, 6) is 0. The molecule has 0 heterocycles. The van der Waals surface area contributed by atoms with Gasteiger partial charge in [-0.15, -0.1) is 0 Å². The minimum atomic E-state index is -0.0473. The fraction of sp³-hybridized carbons (Fsp3) is 0.189. The Morgan fingerprint density at radius 1 is 0.526 bits per heavy atom. The highest BCUT2D eigenvalue weighted by Gasteiger charge is 2.36. The lowest BCUT2D eigenvalue weighted by Gasteiger charge is -2.33. The van der Waals surface area contributed by atoms with Crippen molar-refractivity contribution in [3.8, 4) is 22.3 Å². The number of fused-ring (bicyclic) bond motifs is 3. The van der Waals surface area contributed by atoms with Crippen LogP contribution in [0.5, 0.6) is 0 Å². The van der Waals surface area contributed by atoms with Gasteiger partial charge in [0.2, 0.25) is 0 Å². The lowest BCUT2D eigenvalue weighted by Crippen LogP contribution is -2.20. The lowest BCUT2D eigenvalue weighted by molar-refractivity contribution is 0.591. The molecule has 0 saturated heterocycles. The predicted molar refractivity (Wildman–Crippen MR) is 163 cm³/mol. The van der Waals surface area contributed by atoms with Gasteiger partial charge >= 0.3 is 0 Å². The minimum Gasteiger partial charge on any atom is -0.310 e. The third kappa shape index (κ3) is 4.03. The van der Waals surface area contributed by atoms with Crippen LogP contribution >= 0.6 is 0 Å². The summed E-state index contributed by atoms with van der Waals surface area (Å²) in [6.07, 6.45) is 0. The van der Waals surface area contributed by atoms with Gasteiger partial charge in [-0.05, 0) is 80.8 Å². The summed E-state index contributed by atoms with van der Waals surface area (Å²) in [4.78, 5) is 2.44. The van der Waals surface area contributed by atoms with Crippen molar-refractivity contribution in [1.82, 2.24) is 0 Å². The average Bonchev–Trinajstić information content (AvgIpc) is 3.16. The first-order valence-electron chi connectivity index (χ1n) is 13.5. The summed E-state index contributed by atoms with van der Waals surface area (Å²) in [5.41, 5.74) is 12.8. The number of hydrogen-bond acceptors (Lipinski definition) is 1.